The smallest absolute Gasteiger partial charge is 0.260 e. The number of nitrogens with zero attached hydrogens (tertiary/aromatic N) is 3. The SMILES string of the molecule is COc1cccc2sc(N(CCCN(C)C)C(=O)c3ccc(Oc4ccccc4)cc3)nc12. The zero-order valence-corrected chi connectivity index (χ0v) is 19.8. The normalized spacial score (nSPS) is 11.0. The number of ether oxygens (including phenoxy) is 2. The Kier molecular flexibility index (Phi) is 7.22. The summed E-state index contributed by atoms with van der Waals surface area (Å²) in [5.41, 5.74) is 1.36. The Morgan fingerprint density at radius 3 is 2.33 bits per heavy atom. The number of thiazole rings is 1. The van der Waals surface area contributed by atoms with Crippen LogP contribution in [0.1, 0.15) is 16.8 Å². The number of fused-ring (bicyclic) bond motifs is 1. The van der Waals surface area contributed by atoms with Gasteiger partial charge in [0.1, 0.15) is 22.8 Å². The van der Waals surface area contributed by atoms with Crippen molar-refractivity contribution in [3.63, 3.8) is 0 Å². The van der Waals surface area contributed by atoms with Gasteiger partial charge >= 0.3 is 0 Å². The van der Waals surface area contributed by atoms with Crippen LogP contribution in [0.15, 0.2) is 72.8 Å². The van der Waals surface area contributed by atoms with Crippen LogP contribution in [0.4, 0.5) is 5.13 Å². The fourth-order valence-corrected chi connectivity index (χ4v) is 4.47. The summed E-state index contributed by atoms with van der Waals surface area (Å²) in [6.07, 6.45) is 0.834. The van der Waals surface area contributed by atoms with Crippen molar-refractivity contribution < 1.29 is 14.3 Å². The van der Waals surface area contributed by atoms with Crippen LogP contribution in [-0.4, -0.2) is 50.1 Å². The highest BCUT2D eigenvalue weighted by atomic mass is 32.1. The first-order valence-electron chi connectivity index (χ1n) is 10.8. The summed E-state index contributed by atoms with van der Waals surface area (Å²) in [5, 5.41) is 0.669. The Balaban J connectivity index is 1.59. The molecule has 0 spiro atoms. The highest BCUT2D eigenvalue weighted by Crippen LogP contribution is 2.35. The molecule has 0 N–H and O–H groups in total. The highest BCUT2D eigenvalue weighted by Gasteiger charge is 2.22. The van der Waals surface area contributed by atoms with Gasteiger partial charge in [-0.25, -0.2) is 4.98 Å². The lowest BCUT2D eigenvalue weighted by molar-refractivity contribution is 0.0986. The zero-order valence-electron chi connectivity index (χ0n) is 19.0. The maximum Gasteiger partial charge on any atom is 0.260 e. The molecule has 33 heavy (non-hydrogen) atoms. The van der Waals surface area contributed by atoms with Crippen LogP contribution in [0.25, 0.3) is 10.2 Å². The number of methoxy groups -OCH3 is 1. The summed E-state index contributed by atoms with van der Waals surface area (Å²) in [6, 6.07) is 22.6. The molecule has 170 valence electrons. The summed E-state index contributed by atoms with van der Waals surface area (Å²) in [4.78, 5) is 22.2. The minimum absolute atomic E-state index is 0.0851. The Morgan fingerprint density at radius 2 is 1.64 bits per heavy atom. The first-order valence-corrected chi connectivity index (χ1v) is 11.6. The first kappa shape index (κ1) is 22.8. The molecule has 0 fully saturated rings. The van der Waals surface area contributed by atoms with Gasteiger partial charge in [-0.15, -0.1) is 0 Å². The molecule has 0 saturated carbocycles. The number of aromatic nitrogens is 1. The molecule has 0 atom stereocenters. The lowest BCUT2D eigenvalue weighted by Gasteiger charge is -2.21. The summed E-state index contributed by atoms with van der Waals surface area (Å²) in [6.45, 7) is 1.45. The van der Waals surface area contributed by atoms with E-state index >= 15 is 0 Å². The predicted molar refractivity (Wildman–Crippen MR) is 134 cm³/mol. The van der Waals surface area contributed by atoms with E-state index in [-0.39, 0.29) is 5.91 Å². The lowest BCUT2D eigenvalue weighted by Crippen LogP contribution is -2.33. The quantitative estimate of drug-likeness (QED) is 0.320. The molecule has 3 aromatic carbocycles. The van der Waals surface area contributed by atoms with E-state index < -0.39 is 0 Å². The third kappa shape index (κ3) is 5.50. The van der Waals surface area contributed by atoms with Crippen molar-refractivity contribution in [3.8, 4) is 17.2 Å². The first-order chi connectivity index (χ1) is 16.0. The second kappa shape index (κ2) is 10.5. The van der Waals surface area contributed by atoms with Crippen LogP contribution in [0, 0.1) is 0 Å². The van der Waals surface area contributed by atoms with E-state index in [0.717, 1.165) is 28.9 Å². The van der Waals surface area contributed by atoms with E-state index in [2.05, 4.69) is 4.90 Å². The Bertz CT molecular complexity index is 1210. The Morgan fingerprint density at radius 1 is 0.909 bits per heavy atom. The van der Waals surface area contributed by atoms with Crippen LogP contribution < -0.4 is 14.4 Å². The number of anilines is 1. The zero-order chi connectivity index (χ0) is 23.2. The van der Waals surface area contributed by atoms with Crippen LogP contribution in [0.5, 0.6) is 17.2 Å². The number of benzene rings is 3. The molecule has 4 rings (SSSR count). The van der Waals surface area contributed by atoms with Gasteiger partial charge in [0.2, 0.25) is 0 Å². The van der Waals surface area contributed by atoms with Crippen molar-refractivity contribution in [3.05, 3.63) is 78.4 Å². The fraction of sp³-hybridized carbons (Fsp3) is 0.231. The third-order valence-electron chi connectivity index (χ3n) is 5.13. The molecule has 7 heteroatoms. The molecule has 0 aliphatic heterocycles. The van der Waals surface area contributed by atoms with Crippen LogP contribution >= 0.6 is 11.3 Å². The predicted octanol–water partition coefficient (Wildman–Crippen LogP) is 5.70. The molecule has 6 nitrogen and oxygen atoms in total. The molecule has 0 aliphatic carbocycles. The highest BCUT2D eigenvalue weighted by molar-refractivity contribution is 7.22. The maximum atomic E-state index is 13.5. The van der Waals surface area contributed by atoms with Crippen LogP contribution in [0.2, 0.25) is 0 Å². The molecular weight excluding hydrogens is 434 g/mol. The van der Waals surface area contributed by atoms with Crippen LogP contribution in [0.3, 0.4) is 0 Å². The van der Waals surface area contributed by atoms with Crippen molar-refractivity contribution in [1.82, 2.24) is 9.88 Å². The van der Waals surface area contributed by atoms with Crippen molar-refractivity contribution in [2.24, 2.45) is 0 Å². The number of hydrogen-bond acceptors (Lipinski definition) is 6. The average molecular weight is 462 g/mol. The van der Waals surface area contributed by atoms with Gasteiger partial charge in [-0.2, -0.15) is 0 Å². The Labute approximate surface area is 198 Å². The van der Waals surface area contributed by atoms with Crippen molar-refractivity contribution in [2.75, 3.05) is 39.2 Å². The van der Waals surface area contributed by atoms with Gasteiger partial charge < -0.3 is 14.4 Å². The molecule has 0 bridgehead atoms. The summed E-state index contributed by atoms with van der Waals surface area (Å²) >= 11 is 1.50. The van der Waals surface area contributed by atoms with Gasteiger partial charge in [-0.3, -0.25) is 9.69 Å². The maximum absolute atomic E-state index is 13.5. The summed E-state index contributed by atoms with van der Waals surface area (Å²) in [5.74, 6) is 2.06. The van der Waals surface area contributed by atoms with Gasteiger partial charge in [0.25, 0.3) is 5.91 Å². The van der Waals surface area contributed by atoms with E-state index in [1.807, 2.05) is 74.8 Å². The number of rotatable bonds is 9. The van der Waals surface area contributed by atoms with Gasteiger partial charge in [0, 0.05) is 12.1 Å². The van der Waals surface area contributed by atoms with E-state index in [1.54, 1.807) is 24.1 Å². The number of carbonyl (C=O) groups is 1. The summed E-state index contributed by atoms with van der Waals surface area (Å²) in [7, 11) is 5.69. The third-order valence-corrected chi connectivity index (χ3v) is 6.18. The minimum atomic E-state index is -0.0851. The molecule has 4 aromatic rings. The lowest BCUT2D eigenvalue weighted by atomic mass is 10.2. The second-order valence-electron chi connectivity index (χ2n) is 7.86. The number of hydrogen-bond donors (Lipinski definition) is 0. The largest absolute Gasteiger partial charge is 0.494 e. The second-order valence-corrected chi connectivity index (χ2v) is 8.87. The molecule has 0 saturated heterocycles. The molecule has 1 heterocycles. The Hall–Kier alpha value is -3.42. The summed E-state index contributed by atoms with van der Waals surface area (Å²) < 4.78 is 12.3. The van der Waals surface area contributed by atoms with E-state index in [1.165, 1.54) is 11.3 Å². The van der Waals surface area contributed by atoms with Gasteiger partial charge in [0.05, 0.1) is 11.8 Å². The van der Waals surface area contributed by atoms with E-state index in [9.17, 15) is 4.79 Å². The molecule has 1 aromatic heterocycles. The minimum Gasteiger partial charge on any atom is -0.494 e. The number of carbonyl (C=O) groups excluding carboxylic acids is 1. The van der Waals surface area contributed by atoms with E-state index in [4.69, 9.17) is 14.5 Å². The van der Waals surface area contributed by atoms with Crippen LogP contribution in [-0.2, 0) is 0 Å². The number of amides is 1. The molecule has 0 aliphatic rings. The van der Waals surface area contributed by atoms with Crippen molar-refractivity contribution in [2.45, 2.75) is 6.42 Å². The topological polar surface area (TPSA) is 54.9 Å². The molecular formula is C26H27N3O3S. The van der Waals surface area contributed by atoms with E-state index in [0.29, 0.717) is 28.7 Å². The van der Waals surface area contributed by atoms with Crippen molar-refractivity contribution >= 4 is 32.6 Å². The molecule has 1 amide bonds. The molecule has 0 radical (unpaired) electrons. The monoisotopic (exact) mass is 461 g/mol. The standard InChI is InChI=1S/C26H27N3O3S/c1-28(2)17-8-18-29(26-27-24-22(31-3)11-7-12-23(24)33-26)25(30)19-13-15-21(16-14-19)32-20-9-5-4-6-10-20/h4-7,9-16H,8,17-18H2,1-3H3. The van der Waals surface area contributed by atoms with Gasteiger partial charge in [-0.05, 0) is 75.6 Å². The average Bonchev–Trinajstić information content (AvgIpc) is 3.26. The number of para-hydroxylation sites is 2. The fourth-order valence-electron chi connectivity index (χ4n) is 3.47. The molecule has 0 unspecified atom stereocenters. The van der Waals surface area contributed by atoms with Gasteiger partial charge in [-0.1, -0.05) is 35.6 Å². The van der Waals surface area contributed by atoms with Gasteiger partial charge in [0.15, 0.2) is 5.13 Å². The van der Waals surface area contributed by atoms with Crippen molar-refractivity contribution in [1.29, 1.82) is 0 Å².